The number of rotatable bonds is 18. The summed E-state index contributed by atoms with van der Waals surface area (Å²) in [4.78, 5) is 19.8. The van der Waals surface area contributed by atoms with Crippen LogP contribution in [-0.2, 0) is 0 Å². The van der Waals surface area contributed by atoms with Crippen molar-refractivity contribution in [1.82, 2.24) is 15.0 Å². The molecule has 0 amide bonds. The van der Waals surface area contributed by atoms with Gasteiger partial charge in [0.2, 0.25) is 0 Å². The smallest absolute Gasteiger partial charge is 0.165 e. The van der Waals surface area contributed by atoms with Crippen molar-refractivity contribution in [2.75, 3.05) is 0 Å². The first kappa shape index (κ1) is 69.4. The van der Waals surface area contributed by atoms with Gasteiger partial charge in [-0.05, 0) is 134 Å². The van der Waals surface area contributed by atoms with Gasteiger partial charge in [-0.25, -0.2) is 15.0 Å². The SMILES string of the molecule is c1ccc(-c2c(-c3ccccc3)c(-c3ccccc3)c(-c3nc(-c4c(-c5ccccc5)c(-c5ccccc5)c(-c5ccccc5)c(-c5ccccc5)c4-c4ccccc4)nc(-c4c(-c5ccccc5)c(-c5ccccc5)c(-c5ccccc5)c(-c5ccccc5)c4-c4ccccc4)n3)c(-c3ccccc3)c2-c2ccccc2)cc1. The predicted octanol–water partition coefficient (Wildman–Crippen LogP) is 29.9. The maximum Gasteiger partial charge on any atom is 0.165 e. The minimum atomic E-state index is 0.474. The maximum absolute atomic E-state index is 6.60. The average molecular weight is 1450 g/mol. The van der Waals surface area contributed by atoms with Crippen molar-refractivity contribution >= 4 is 0 Å². The highest BCUT2D eigenvalue weighted by Gasteiger charge is 2.37. The molecule has 3 heteroatoms. The molecule has 0 spiro atoms. The van der Waals surface area contributed by atoms with Gasteiger partial charge in [0.05, 0.1) is 0 Å². The van der Waals surface area contributed by atoms with E-state index in [1.165, 1.54) is 0 Å². The van der Waals surface area contributed by atoms with Crippen LogP contribution in [-0.4, -0.2) is 15.0 Å². The van der Waals surface area contributed by atoms with Crippen molar-refractivity contribution < 1.29 is 0 Å². The Bertz CT molecular complexity index is 5600. The third-order valence-corrected chi connectivity index (χ3v) is 21.7. The molecule has 19 aromatic rings. The van der Waals surface area contributed by atoms with Crippen molar-refractivity contribution in [2.24, 2.45) is 0 Å². The van der Waals surface area contributed by atoms with E-state index in [0.29, 0.717) is 17.5 Å². The fraction of sp³-hybridized carbons (Fsp3) is 0. The Labute approximate surface area is 666 Å². The Hall–Kier alpha value is -15.0. The highest BCUT2D eigenvalue weighted by Crippen LogP contribution is 2.61. The van der Waals surface area contributed by atoms with Crippen LogP contribution < -0.4 is 0 Å². The van der Waals surface area contributed by atoms with E-state index in [4.69, 9.17) is 15.0 Å². The Kier molecular flexibility index (Phi) is 19.2. The first-order chi connectivity index (χ1) is 56.7. The van der Waals surface area contributed by atoms with Gasteiger partial charge in [0.1, 0.15) is 0 Å². The van der Waals surface area contributed by atoms with Crippen LogP contribution in [0.2, 0.25) is 0 Å². The monoisotopic (exact) mass is 1450 g/mol. The lowest BCUT2D eigenvalue weighted by molar-refractivity contribution is 1.08. The molecule has 0 saturated carbocycles. The fourth-order valence-electron chi connectivity index (χ4n) is 17.0. The number of benzene rings is 18. The number of nitrogens with zero attached hydrogens (tertiary/aromatic N) is 3. The first-order valence-corrected chi connectivity index (χ1v) is 39.0. The van der Waals surface area contributed by atoms with Crippen LogP contribution in [0.15, 0.2) is 455 Å². The molecule has 114 heavy (non-hydrogen) atoms. The van der Waals surface area contributed by atoms with Crippen molar-refractivity contribution in [3.63, 3.8) is 0 Å². The largest absolute Gasteiger partial charge is 0.208 e. The third-order valence-electron chi connectivity index (χ3n) is 21.7. The molecule has 0 N–H and O–H groups in total. The summed E-state index contributed by atoms with van der Waals surface area (Å²) in [5, 5.41) is 0. The van der Waals surface area contributed by atoms with Gasteiger partial charge in [-0.2, -0.15) is 0 Å². The van der Waals surface area contributed by atoms with Gasteiger partial charge in [-0.3, -0.25) is 0 Å². The molecular formula is C111H75N3. The Morgan fingerprint density at radius 1 is 0.0789 bits per heavy atom. The van der Waals surface area contributed by atoms with Crippen LogP contribution in [0.5, 0.6) is 0 Å². The highest BCUT2D eigenvalue weighted by atomic mass is 15.0. The summed E-state index contributed by atoms with van der Waals surface area (Å²) in [7, 11) is 0. The summed E-state index contributed by atoms with van der Waals surface area (Å²) in [6.45, 7) is 0. The van der Waals surface area contributed by atoms with Crippen LogP contribution in [0, 0.1) is 0 Å². The minimum absolute atomic E-state index is 0.474. The maximum atomic E-state index is 6.60. The second-order valence-electron chi connectivity index (χ2n) is 28.5. The van der Waals surface area contributed by atoms with Gasteiger partial charge in [0.25, 0.3) is 0 Å². The van der Waals surface area contributed by atoms with Crippen LogP contribution in [0.1, 0.15) is 0 Å². The number of hydrogen-bond acceptors (Lipinski definition) is 3. The second-order valence-corrected chi connectivity index (χ2v) is 28.5. The first-order valence-electron chi connectivity index (χ1n) is 39.0. The van der Waals surface area contributed by atoms with Gasteiger partial charge < -0.3 is 0 Å². The van der Waals surface area contributed by atoms with E-state index in [1.807, 2.05) is 0 Å². The minimum Gasteiger partial charge on any atom is -0.208 e. The molecular weight excluding hydrogens is 1380 g/mol. The molecule has 0 fully saturated rings. The van der Waals surface area contributed by atoms with E-state index in [0.717, 1.165) is 184 Å². The molecule has 0 aliphatic rings. The molecule has 0 bridgehead atoms. The lowest BCUT2D eigenvalue weighted by Gasteiger charge is -2.30. The van der Waals surface area contributed by atoms with Crippen LogP contribution in [0.3, 0.4) is 0 Å². The lowest BCUT2D eigenvalue weighted by Crippen LogP contribution is -2.10. The van der Waals surface area contributed by atoms with E-state index in [9.17, 15) is 0 Å². The molecule has 3 nitrogen and oxygen atoms in total. The summed E-state index contributed by atoms with van der Waals surface area (Å²) in [6, 6.07) is 165. The number of aromatic nitrogens is 3. The van der Waals surface area contributed by atoms with E-state index >= 15 is 0 Å². The molecule has 18 aromatic carbocycles. The van der Waals surface area contributed by atoms with Crippen molar-refractivity contribution in [2.45, 2.75) is 0 Å². The van der Waals surface area contributed by atoms with E-state index in [2.05, 4.69) is 455 Å². The quantitative estimate of drug-likeness (QED) is 0.0859. The van der Waals surface area contributed by atoms with Gasteiger partial charge in [-0.1, -0.05) is 455 Å². The molecule has 0 saturated heterocycles. The summed E-state index contributed by atoms with van der Waals surface area (Å²) >= 11 is 0. The molecule has 0 aliphatic carbocycles. The third kappa shape index (κ3) is 13.1. The normalized spacial score (nSPS) is 11.2. The van der Waals surface area contributed by atoms with Gasteiger partial charge in [0, 0.05) is 50.1 Å². The van der Waals surface area contributed by atoms with Gasteiger partial charge in [0.15, 0.2) is 17.5 Å². The zero-order valence-corrected chi connectivity index (χ0v) is 62.6. The Morgan fingerprint density at radius 3 is 0.228 bits per heavy atom. The molecule has 19 rings (SSSR count). The van der Waals surface area contributed by atoms with E-state index < -0.39 is 0 Å². The predicted molar refractivity (Wildman–Crippen MR) is 478 cm³/mol. The second kappa shape index (κ2) is 31.5. The summed E-state index contributed by atoms with van der Waals surface area (Å²) < 4.78 is 0. The zero-order valence-electron chi connectivity index (χ0n) is 62.6. The summed E-state index contributed by atoms with van der Waals surface area (Å²) in [5.41, 5.74) is 33.0. The van der Waals surface area contributed by atoms with E-state index in [1.54, 1.807) is 0 Å². The fourth-order valence-corrected chi connectivity index (χ4v) is 17.0. The average Bonchev–Trinajstić information content (AvgIpc) is 0.712. The van der Waals surface area contributed by atoms with Crippen molar-refractivity contribution in [3.05, 3.63) is 455 Å². The van der Waals surface area contributed by atoms with Gasteiger partial charge in [-0.15, -0.1) is 0 Å². The summed E-state index contributed by atoms with van der Waals surface area (Å²) in [6.07, 6.45) is 0. The molecule has 1 aromatic heterocycles. The molecule has 0 radical (unpaired) electrons. The topological polar surface area (TPSA) is 38.7 Å². The van der Waals surface area contributed by atoms with Crippen LogP contribution in [0.25, 0.3) is 201 Å². The molecule has 534 valence electrons. The standard InChI is InChI=1S/C111H75N3/c1-16-46-76(47-17-1)91-94(79-52-22-4-23-53-79)100(85-64-34-10-35-65-85)106(101(86-66-36-11-37-67-86)95(91)80-54-24-5-25-55-80)109-112-110(107-102(87-68-38-12-39-69-87)96(81-56-26-6-27-57-81)92(77-48-18-2-19-49-77)97(82-58-28-7-29-59-82)103(107)88-70-40-13-41-71-88)114-111(113-109)108-104(89-72-42-14-43-73-89)98(83-60-30-8-31-61-83)93(78-50-20-3-21-51-78)99(84-62-32-9-33-63-84)105(108)90-74-44-15-45-75-90/h1-75H. The van der Waals surface area contributed by atoms with Gasteiger partial charge >= 0.3 is 0 Å². The lowest BCUT2D eigenvalue weighted by atomic mass is 9.74. The Morgan fingerprint density at radius 2 is 0.149 bits per heavy atom. The molecule has 0 aliphatic heterocycles. The highest BCUT2D eigenvalue weighted by molar-refractivity contribution is 6.19. The molecule has 1 heterocycles. The van der Waals surface area contributed by atoms with Crippen LogP contribution in [0.4, 0.5) is 0 Å². The van der Waals surface area contributed by atoms with Crippen molar-refractivity contribution in [3.8, 4) is 201 Å². The zero-order chi connectivity index (χ0) is 75.9. The molecule has 0 unspecified atom stereocenters. The molecule has 0 atom stereocenters. The number of hydrogen-bond donors (Lipinski definition) is 0. The van der Waals surface area contributed by atoms with Crippen molar-refractivity contribution in [1.29, 1.82) is 0 Å². The van der Waals surface area contributed by atoms with E-state index in [-0.39, 0.29) is 0 Å². The Balaban J connectivity index is 1.14. The van der Waals surface area contributed by atoms with Crippen LogP contribution >= 0.6 is 0 Å². The summed E-state index contributed by atoms with van der Waals surface area (Å²) in [5.74, 6) is 1.42.